The van der Waals surface area contributed by atoms with E-state index < -0.39 is 5.91 Å². The number of methoxy groups -OCH3 is 2. The molecule has 1 unspecified atom stereocenters. The summed E-state index contributed by atoms with van der Waals surface area (Å²) >= 11 is 1.23. The van der Waals surface area contributed by atoms with Crippen LogP contribution in [0.4, 0.5) is 10.5 Å². The Bertz CT molecular complexity index is 1210. The van der Waals surface area contributed by atoms with Gasteiger partial charge in [-0.25, -0.2) is 5.01 Å². The van der Waals surface area contributed by atoms with Crippen molar-refractivity contribution in [3.8, 4) is 11.5 Å². The van der Waals surface area contributed by atoms with Crippen molar-refractivity contribution in [2.24, 2.45) is 5.10 Å². The van der Waals surface area contributed by atoms with E-state index in [1.807, 2.05) is 37.3 Å². The fourth-order valence-electron chi connectivity index (χ4n) is 3.55. The first-order valence-corrected chi connectivity index (χ1v) is 11.5. The van der Waals surface area contributed by atoms with E-state index in [9.17, 15) is 9.59 Å². The van der Waals surface area contributed by atoms with Crippen molar-refractivity contribution in [3.05, 3.63) is 71.6 Å². The van der Waals surface area contributed by atoms with Crippen LogP contribution >= 0.6 is 11.8 Å². The summed E-state index contributed by atoms with van der Waals surface area (Å²) in [4.78, 5) is 25.4. The number of benzene rings is 2. The molecule has 0 radical (unpaired) electrons. The molecule has 0 aliphatic carbocycles. The molecule has 10 heteroatoms. The van der Waals surface area contributed by atoms with Crippen molar-refractivity contribution in [3.63, 3.8) is 0 Å². The van der Waals surface area contributed by atoms with Gasteiger partial charge in [-0.15, -0.1) is 0 Å². The molecule has 9 nitrogen and oxygen atoms in total. The van der Waals surface area contributed by atoms with E-state index in [1.54, 1.807) is 26.4 Å². The van der Waals surface area contributed by atoms with Gasteiger partial charge in [0.1, 0.15) is 0 Å². The quantitative estimate of drug-likeness (QED) is 0.494. The summed E-state index contributed by atoms with van der Waals surface area (Å²) in [5.41, 5.74) is 2.91. The monoisotopic (exact) mass is 480 g/mol. The lowest BCUT2D eigenvalue weighted by molar-refractivity contribution is 0.0987. The summed E-state index contributed by atoms with van der Waals surface area (Å²) in [5.74, 6) is 0.878. The highest BCUT2D eigenvalue weighted by Crippen LogP contribution is 2.34. The SMILES string of the molecule is CCC1SC(=O)N(Cc2ccccc2NC(=O)c2ccno2)N=C1c1ccc(OC)c(OC)c1. The maximum atomic E-state index is 12.9. The molecule has 0 spiro atoms. The molecule has 2 amide bonds. The second-order valence-corrected chi connectivity index (χ2v) is 8.54. The molecule has 1 N–H and O–H groups in total. The Balaban J connectivity index is 1.63. The summed E-state index contributed by atoms with van der Waals surface area (Å²) in [5, 5.41) is 12.3. The fourth-order valence-corrected chi connectivity index (χ4v) is 4.48. The van der Waals surface area contributed by atoms with Crippen LogP contribution in [-0.2, 0) is 6.54 Å². The van der Waals surface area contributed by atoms with Crippen LogP contribution in [0, 0.1) is 0 Å². The lowest BCUT2D eigenvalue weighted by atomic mass is 10.0. The number of hydrogen-bond donors (Lipinski definition) is 1. The van der Waals surface area contributed by atoms with Gasteiger partial charge in [0.05, 0.1) is 37.9 Å². The molecule has 0 bridgehead atoms. The lowest BCUT2D eigenvalue weighted by Gasteiger charge is -2.29. The van der Waals surface area contributed by atoms with E-state index >= 15 is 0 Å². The van der Waals surface area contributed by atoms with Gasteiger partial charge in [-0.2, -0.15) is 5.10 Å². The van der Waals surface area contributed by atoms with Crippen molar-refractivity contribution in [1.82, 2.24) is 10.2 Å². The number of thioether (sulfide) groups is 1. The Morgan fingerprint density at radius 2 is 1.94 bits per heavy atom. The fraction of sp³-hybridized carbons (Fsp3) is 0.250. The van der Waals surface area contributed by atoms with Gasteiger partial charge in [0.25, 0.3) is 5.91 Å². The van der Waals surface area contributed by atoms with Gasteiger partial charge < -0.3 is 19.3 Å². The standard InChI is InChI=1S/C24H24N4O5S/c1-4-21-22(15-9-10-18(31-2)20(13-15)32-3)27-28(24(30)34-21)14-16-7-5-6-8-17(16)26-23(29)19-11-12-25-33-19/h5-13,21H,4,14H2,1-3H3,(H,26,29). The third-order valence-corrected chi connectivity index (χ3v) is 6.54. The molecule has 1 aliphatic heterocycles. The summed E-state index contributed by atoms with van der Waals surface area (Å²) < 4.78 is 15.7. The number of anilines is 1. The van der Waals surface area contributed by atoms with E-state index in [2.05, 4.69) is 10.5 Å². The molecule has 1 atom stereocenters. The van der Waals surface area contributed by atoms with Crippen LogP contribution in [0.2, 0.25) is 0 Å². The van der Waals surface area contributed by atoms with Crippen LogP contribution in [0.3, 0.4) is 0 Å². The van der Waals surface area contributed by atoms with Crippen LogP contribution in [0.15, 0.2) is 64.4 Å². The van der Waals surface area contributed by atoms with Gasteiger partial charge in [-0.05, 0) is 36.2 Å². The first-order chi connectivity index (χ1) is 16.5. The number of carbonyl (C=O) groups is 2. The lowest BCUT2D eigenvalue weighted by Crippen LogP contribution is -2.35. The minimum absolute atomic E-state index is 0.0942. The molecule has 0 fully saturated rings. The number of ether oxygens (including phenoxy) is 2. The molecule has 34 heavy (non-hydrogen) atoms. The largest absolute Gasteiger partial charge is 0.493 e. The molecule has 176 valence electrons. The number of rotatable bonds is 8. The highest BCUT2D eigenvalue weighted by Gasteiger charge is 2.31. The van der Waals surface area contributed by atoms with Crippen molar-refractivity contribution in [2.45, 2.75) is 25.1 Å². The minimum Gasteiger partial charge on any atom is -0.493 e. The molecule has 3 aromatic rings. The predicted octanol–water partition coefficient (Wildman–Crippen LogP) is 4.80. The Morgan fingerprint density at radius 1 is 1.15 bits per heavy atom. The average molecular weight is 481 g/mol. The maximum absolute atomic E-state index is 12.9. The number of nitrogens with zero attached hydrogens (tertiary/aromatic N) is 3. The van der Waals surface area contributed by atoms with Gasteiger partial charge in [0.2, 0.25) is 5.76 Å². The second kappa shape index (κ2) is 10.4. The number of hydrazone groups is 1. The van der Waals surface area contributed by atoms with E-state index in [-0.39, 0.29) is 22.8 Å². The molecule has 2 aromatic carbocycles. The average Bonchev–Trinajstić information content (AvgIpc) is 3.41. The second-order valence-electron chi connectivity index (χ2n) is 7.38. The Kier molecular flexibility index (Phi) is 7.17. The van der Waals surface area contributed by atoms with Crippen LogP contribution in [0.25, 0.3) is 0 Å². The van der Waals surface area contributed by atoms with Crippen LogP contribution < -0.4 is 14.8 Å². The zero-order valence-corrected chi connectivity index (χ0v) is 19.8. The number of nitrogens with one attached hydrogen (secondary N) is 1. The molecule has 1 aliphatic rings. The third kappa shape index (κ3) is 4.91. The van der Waals surface area contributed by atoms with E-state index in [0.29, 0.717) is 17.2 Å². The highest BCUT2D eigenvalue weighted by atomic mass is 32.2. The molecule has 1 aromatic heterocycles. The van der Waals surface area contributed by atoms with Gasteiger partial charge in [0, 0.05) is 17.3 Å². The number of amides is 2. The summed E-state index contributed by atoms with van der Waals surface area (Å²) in [6, 6.07) is 14.3. The Labute approximate surface area is 201 Å². The third-order valence-electron chi connectivity index (χ3n) is 5.28. The summed E-state index contributed by atoms with van der Waals surface area (Å²) in [6.07, 6.45) is 2.14. The van der Waals surface area contributed by atoms with E-state index in [4.69, 9.17) is 19.1 Å². The number of carbonyl (C=O) groups excluding carboxylic acids is 2. The highest BCUT2D eigenvalue weighted by molar-refractivity contribution is 8.14. The number of hydrogen-bond acceptors (Lipinski definition) is 8. The van der Waals surface area contributed by atoms with Crippen LogP contribution in [-0.4, -0.2) is 46.5 Å². The van der Waals surface area contributed by atoms with Crippen LogP contribution in [0.1, 0.15) is 35.0 Å². The molecular weight excluding hydrogens is 456 g/mol. The van der Waals surface area contributed by atoms with Crippen molar-refractivity contribution >= 4 is 34.3 Å². The number of aromatic nitrogens is 1. The van der Waals surface area contributed by atoms with Crippen molar-refractivity contribution in [2.75, 3.05) is 19.5 Å². The minimum atomic E-state index is -0.426. The summed E-state index contributed by atoms with van der Waals surface area (Å²) in [7, 11) is 3.16. The van der Waals surface area contributed by atoms with Crippen LogP contribution in [0.5, 0.6) is 11.5 Å². The zero-order chi connectivity index (χ0) is 24.1. The normalized spacial score (nSPS) is 15.6. The smallest absolute Gasteiger partial charge is 0.302 e. The zero-order valence-electron chi connectivity index (χ0n) is 19.0. The molecule has 0 saturated heterocycles. The van der Waals surface area contributed by atoms with E-state index in [1.165, 1.54) is 29.0 Å². The Hall–Kier alpha value is -3.79. The molecular formula is C24H24N4O5S. The van der Waals surface area contributed by atoms with Crippen molar-refractivity contribution < 1.29 is 23.6 Å². The Morgan fingerprint density at radius 3 is 2.65 bits per heavy atom. The van der Waals surface area contributed by atoms with E-state index in [0.717, 1.165) is 23.3 Å². The summed E-state index contributed by atoms with van der Waals surface area (Å²) in [6.45, 7) is 2.21. The van der Waals surface area contributed by atoms with Crippen molar-refractivity contribution in [1.29, 1.82) is 0 Å². The maximum Gasteiger partial charge on any atom is 0.302 e. The topological polar surface area (TPSA) is 106 Å². The van der Waals surface area contributed by atoms with Gasteiger partial charge in [0.15, 0.2) is 11.5 Å². The first kappa shape index (κ1) is 23.4. The van der Waals surface area contributed by atoms with Gasteiger partial charge in [-0.3, -0.25) is 9.59 Å². The number of para-hydroxylation sites is 1. The molecule has 0 saturated carbocycles. The molecule has 4 rings (SSSR count). The van der Waals surface area contributed by atoms with Gasteiger partial charge in [-0.1, -0.05) is 42.0 Å². The first-order valence-electron chi connectivity index (χ1n) is 10.6. The predicted molar refractivity (Wildman–Crippen MR) is 130 cm³/mol. The van der Waals surface area contributed by atoms with Gasteiger partial charge >= 0.3 is 5.24 Å². The molecule has 2 heterocycles.